The van der Waals surface area contributed by atoms with Gasteiger partial charge in [0.25, 0.3) is 16.1 Å². The van der Waals surface area contributed by atoms with Crippen molar-refractivity contribution < 1.29 is 31.2 Å². The molecule has 9 nitrogen and oxygen atoms in total. The Morgan fingerprint density at radius 3 is 2.45 bits per heavy atom. The second-order valence-electron chi connectivity index (χ2n) is 6.82. The molecule has 1 aromatic carbocycles. The minimum atomic E-state index is -4.46. The maximum atomic E-state index is 13.0. The maximum absolute atomic E-state index is 13.0. The first kappa shape index (κ1) is 22.8. The van der Waals surface area contributed by atoms with E-state index in [1.165, 1.54) is 37.4 Å². The lowest BCUT2D eigenvalue weighted by Crippen LogP contribution is -2.46. The Bertz CT molecular complexity index is 1130. The Labute approximate surface area is 179 Å². The van der Waals surface area contributed by atoms with Gasteiger partial charge in [0.15, 0.2) is 0 Å². The number of nitrogens with one attached hydrogen (secondary N) is 2. The normalized spacial score (nSPS) is 19.5. The Balaban J connectivity index is 1.80. The maximum Gasteiger partial charge on any atom is 0.446 e. The first-order valence-electron chi connectivity index (χ1n) is 8.54. The van der Waals surface area contributed by atoms with E-state index in [1.54, 1.807) is 0 Å². The van der Waals surface area contributed by atoms with Crippen LogP contribution in [0.3, 0.4) is 0 Å². The summed E-state index contributed by atoms with van der Waals surface area (Å²) in [6.07, 6.45) is 1.31. The van der Waals surface area contributed by atoms with Gasteiger partial charge in [-0.15, -0.1) is 0 Å². The number of carbonyl (C=O) groups is 2. The molecule has 0 aliphatic carbocycles. The van der Waals surface area contributed by atoms with Crippen molar-refractivity contribution >= 4 is 45.4 Å². The molecular formula is C17H16F3N5O4S2. The Hall–Kier alpha value is -2.84. The molecule has 2 heterocycles. The Morgan fingerprint density at radius 2 is 1.87 bits per heavy atom. The highest BCUT2D eigenvalue weighted by atomic mass is 32.2. The van der Waals surface area contributed by atoms with Crippen molar-refractivity contribution in [1.82, 2.24) is 10.3 Å². The van der Waals surface area contributed by atoms with Gasteiger partial charge in [-0.3, -0.25) is 9.52 Å². The summed E-state index contributed by atoms with van der Waals surface area (Å²) < 4.78 is 61.8. The van der Waals surface area contributed by atoms with Crippen LogP contribution in [0.15, 0.2) is 47.5 Å². The minimum Gasteiger partial charge on any atom is -0.323 e. The summed E-state index contributed by atoms with van der Waals surface area (Å²) in [5, 5.41) is 7.48. The molecule has 1 fully saturated rings. The topological polar surface area (TPSA) is 134 Å². The number of imide groups is 1. The monoisotopic (exact) mass is 475 g/mol. The van der Waals surface area contributed by atoms with Gasteiger partial charge in [-0.25, -0.2) is 19.8 Å². The molecule has 1 saturated heterocycles. The number of rotatable bonds is 6. The summed E-state index contributed by atoms with van der Waals surface area (Å²) in [6, 6.07) is 6.98. The number of hydrogen-bond donors (Lipinski definition) is 3. The van der Waals surface area contributed by atoms with Crippen molar-refractivity contribution in [3.8, 4) is 0 Å². The summed E-state index contributed by atoms with van der Waals surface area (Å²) in [5.74, 6) is -0.679. The number of hydrogen-bond acceptors (Lipinski definition) is 6. The van der Waals surface area contributed by atoms with E-state index in [2.05, 4.69) is 10.3 Å². The predicted molar refractivity (Wildman–Crippen MR) is 107 cm³/mol. The second kappa shape index (κ2) is 8.01. The third-order valence-electron chi connectivity index (χ3n) is 4.22. The Kier molecular flexibility index (Phi) is 5.90. The van der Waals surface area contributed by atoms with Crippen molar-refractivity contribution in [1.29, 1.82) is 0 Å². The predicted octanol–water partition coefficient (Wildman–Crippen LogP) is 2.37. The van der Waals surface area contributed by atoms with Crippen LogP contribution in [-0.2, 0) is 21.4 Å². The van der Waals surface area contributed by atoms with E-state index in [4.69, 9.17) is 5.14 Å². The molecule has 166 valence electrons. The third-order valence-corrected chi connectivity index (χ3v) is 5.45. The van der Waals surface area contributed by atoms with Gasteiger partial charge < -0.3 is 5.32 Å². The highest BCUT2D eigenvalue weighted by Crippen LogP contribution is 2.38. The second-order valence-corrected chi connectivity index (χ2v) is 9.25. The number of carbonyl (C=O) groups excluding carboxylic acids is 2. The number of amides is 3. The molecule has 31 heavy (non-hydrogen) atoms. The van der Waals surface area contributed by atoms with Crippen LogP contribution in [0.25, 0.3) is 0 Å². The average Bonchev–Trinajstić information content (AvgIpc) is 2.82. The SMILES string of the molecule is CC1(Cc2ccnc(NS(N)(=O)=O)c2)NC(=O)N(c2ccc(SC(F)(F)F)cc2)C1=O. The largest absolute Gasteiger partial charge is 0.446 e. The van der Waals surface area contributed by atoms with E-state index < -0.39 is 33.2 Å². The van der Waals surface area contributed by atoms with Gasteiger partial charge in [-0.05, 0) is 60.6 Å². The lowest BCUT2D eigenvalue weighted by Gasteiger charge is -2.22. The van der Waals surface area contributed by atoms with E-state index in [-0.39, 0.29) is 34.6 Å². The molecule has 1 aliphatic rings. The molecule has 1 aromatic heterocycles. The molecule has 0 saturated carbocycles. The molecule has 14 heteroatoms. The van der Waals surface area contributed by atoms with Crippen molar-refractivity contribution in [2.24, 2.45) is 5.14 Å². The number of halogens is 3. The van der Waals surface area contributed by atoms with Crippen LogP contribution in [-0.4, -0.2) is 36.4 Å². The van der Waals surface area contributed by atoms with Crippen LogP contribution in [0, 0.1) is 0 Å². The fourth-order valence-electron chi connectivity index (χ4n) is 3.03. The molecule has 0 bridgehead atoms. The molecular weight excluding hydrogens is 459 g/mol. The highest BCUT2D eigenvalue weighted by molar-refractivity contribution is 8.00. The van der Waals surface area contributed by atoms with E-state index in [0.29, 0.717) is 5.56 Å². The summed E-state index contributed by atoms with van der Waals surface area (Å²) >= 11 is -0.307. The van der Waals surface area contributed by atoms with E-state index in [9.17, 15) is 31.2 Å². The van der Waals surface area contributed by atoms with E-state index in [0.717, 1.165) is 17.0 Å². The molecule has 1 atom stereocenters. The van der Waals surface area contributed by atoms with Gasteiger partial charge >= 0.3 is 11.5 Å². The standard InChI is InChI=1S/C17H16F3N5O4S2/c1-16(9-10-6-7-22-13(8-10)24-31(21,28)29)14(26)25(15(27)23-16)11-2-4-12(5-3-11)30-17(18,19)20/h2-8H,9H2,1H3,(H,22,24)(H,23,27)(H2,21,28,29). The molecule has 0 spiro atoms. The van der Waals surface area contributed by atoms with Crippen molar-refractivity contribution in [3.63, 3.8) is 0 Å². The fourth-order valence-corrected chi connectivity index (χ4v) is 3.97. The van der Waals surface area contributed by atoms with E-state index >= 15 is 0 Å². The van der Waals surface area contributed by atoms with Crippen molar-refractivity contribution in [3.05, 3.63) is 48.2 Å². The van der Waals surface area contributed by atoms with Crippen molar-refractivity contribution in [2.75, 3.05) is 9.62 Å². The van der Waals surface area contributed by atoms with Gasteiger partial charge in [-0.1, -0.05) is 0 Å². The van der Waals surface area contributed by atoms with Crippen LogP contribution in [0.5, 0.6) is 0 Å². The zero-order chi connectivity index (χ0) is 23.0. The number of anilines is 2. The number of nitrogens with zero attached hydrogens (tertiary/aromatic N) is 2. The van der Waals surface area contributed by atoms with Crippen LogP contribution >= 0.6 is 11.8 Å². The first-order valence-corrected chi connectivity index (χ1v) is 10.9. The first-order chi connectivity index (χ1) is 14.3. The molecule has 0 radical (unpaired) electrons. The van der Waals surface area contributed by atoms with Gasteiger partial charge in [0.2, 0.25) is 0 Å². The van der Waals surface area contributed by atoms with Crippen LogP contribution in [0.4, 0.5) is 29.5 Å². The average molecular weight is 475 g/mol. The number of urea groups is 1. The number of nitrogens with two attached hydrogens (primary N) is 1. The van der Waals surface area contributed by atoms with Gasteiger partial charge in [0, 0.05) is 17.5 Å². The minimum absolute atomic E-state index is 0.00208. The highest BCUT2D eigenvalue weighted by Gasteiger charge is 2.48. The van der Waals surface area contributed by atoms with Gasteiger partial charge in [0.05, 0.1) is 5.69 Å². The molecule has 3 rings (SSSR count). The van der Waals surface area contributed by atoms with Gasteiger partial charge in [-0.2, -0.15) is 21.6 Å². The van der Waals surface area contributed by atoms with Crippen LogP contribution < -0.4 is 20.1 Å². The number of pyridine rings is 1. The number of aromatic nitrogens is 1. The quantitative estimate of drug-likeness (QED) is 0.434. The summed E-state index contributed by atoms with van der Waals surface area (Å²) in [6.45, 7) is 1.48. The lowest BCUT2D eigenvalue weighted by molar-refractivity contribution is -0.121. The molecule has 4 N–H and O–H groups in total. The number of alkyl halides is 3. The molecule has 3 amide bonds. The number of benzene rings is 1. The zero-order valence-electron chi connectivity index (χ0n) is 15.8. The molecule has 1 unspecified atom stereocenters. The number of thioether (sulfide) groups is 1. The fraction of sp³-hybridized carbons (Fsp3) is 0.235. The zero-order valence-corrected chi connectivity index (χ0v) is 17.4. The summed E-state index contributed by atoms with van der Waals surface area (Å²) in [4.78, 5) is 30.0. The van der Waals surface area contributed by atoms with Crippen molar-refractivity contribution in [2.45, 2.75) is 29.3 Å². The summed E-state index contributed by atoms with van der Waals surface area (Å²) in [5.41, 5.74) is -5.24. The smallest absolute Gasteiger partial charge is 0.323 e. The molecule has 2 aromatic rings. The molecule has 1 aliphatic heterocycles. The van der Waals surface area contributed by atoms with Crippen LogP contribution in [0.1, 0.15) is 12.5 Å². The van der Waals surface area contributed by atoms with E-state index in [1.807, 2.05) is 4.72 Å². The summed E-state index contributed by atoms with van der Waals surface area (Å²) in [7, 11) is -4.05. The Morgan fingerprint density at radius 1 is 1.23 bits per heavy atom. The van der Waals surface area contributed by atoms with Crippen LogP contribution in [0.2, 0.25) is 0 Å². The lowest BCUT2D eigenvalue weighted by atomic mass is 9.93. The van der Waals surface area contributed by atoms with Gasteiger partial charge in [0.1, 0.15) is 11.4 Å². The third kappa shape index (κ3) is 5.65.